The number of carbonyl (C=O) groups is 1. The number of nitrogens with zero attached hydrogens (tertiary/aromatic N) is 4. The number of rotatable bonds is 5. The molecule has 0 spiro atoms. The number of amides is 2. The van der Waals surface area contributed by atoms with Crippen LogP contribution >= 0.6 is 11.6 Å². The van der Waals surface area contributed by atoms with Gasteiger partial charge in [0, 0.05) is 30.9 Å². The van der Waals surface area contributed by atoms with Crippen LogP contribution < -0.4 is 9.80 Å². The second kappa shape index (κ2) is 8.86. The summed E-state index contributed by atoms with van der Waals surface area (Å²) in [6, 6.07) is 13.2. The number of aromatic nitrogens is 2. The van der Waals surface area contributed by atoms with Crippen molar-refractivity contribution in [1.29, 1.82) is 0 Å². The number of urea groups is 1. The van der Waals surface area contributed by atoms with Gasteiger partial charge < -0.3 is 9.80 Å². The smallest absolute Gasteiger partial charge is 0.326 e. The summed E-state index contributed by atoms with van der Waals surface area (Å²) in [5, 5.41) is 7.88. The first kappa shape index (κ1) is 22.4. The minimum atomic E-state index is -0.304. The number of benzene rings is 2. The second-order valence-electron chi connectivity index (χ2n) is 9.88. The molecule has 1 atom stereocenters. The van der Waals surface area contributed by atoms with E-state index in [2.05, 4.69) is 35.3 Å². The van der Waals surface area contributed by atoms with E-state index in [-0.39, 0.29) is 23.9 Å². The molecule has 0 unspecified atom stereocenters. The Morgan fingerprint density at radius 2 is 1.83 bits per heavy atom. The third-order valence-electron chi connectivity index (χ3n) is 7.74. The Balaban J connectivity index is 1.25. The van der Waals surface area contributed by atoms with Crippen LogP contribution in [0.3, 0.4) is 0 Å². The van der Waals surface area contributed by atoms with E-state index in [0.717, 1.165) is 24.2 Å². The number of H-pyrrole nitrogens is 1. The lowest BCUT2D eigenvalue weighted by molar-refractivity contribution is 0.136. The third kappa shape index (κ3) is 3.96. The minimum absolute atomic E-state index is 0.00919. The van der Waals surface area contributed by atoms with E-state index in [9.17, 15) is 9.18 Å². The molecule has 3 aromatic rings. The maximum Gasteiger partial charge on any atom is 0.326 e. The van der Waals surface area contributed by atoms with Gasteiger partial charge in [-0.3, -0.25) is 10.00 Å². The Labute approximate surface area is 209 Å². The van der Waals surface area contributed by atoms with Gasteiger partial charge in [-0.2, -0.15) is 5.10 Å². The Morgan fingerprint density at radius 1 is 1.06 bits per heavy atom. The van der Waals surface area contributed by atoms with Gasteiger partial charge in [0.25, 0.3) is 0 Å². The monoisotopic (exact) mass is 493 g/mol. The number of fused-ring (bicyclic) bond motifs is 1. The first-order valence-corrected chi connectivity index (χ1v) is 12.8. The molecule has 1 aliphatic carbocycles. The van der Waals surface area contributed by atoms with E-state index >= 15 is 0 Å². The summed E-state index contributed by atoms with van der Waals surface area (Å²) in [7, 11) is 0. The number of carbonyl (C=O) groups excluding carboxylic acids is 1. The number of anilines is 2. The van der Waals surface area contributed by atoms with E-state index in [1.54, 1.807) is 12.1 Å². The number of nitrogens with one attached hydrogen (secondary N) is 1. The zero-order chi connectivity index (χ0) is 24.1. The lowest BCUT2D eigenvalue weighted by Gasteiger charge is -2.46. The van der Waals surface area contributed by atoms with E-state index in [1.165, 1.54) is 30.0 Å². The van der Waals surface area contributed by atoms with Crippen LogP contribution in [0.15, 0.2) is 48.7 Å². The maximum atomic E-state index is 14.5. The largest absolute Gasteiger partial charge is 0.368 e. The fourth-order valence-electron chi connectivity index (χ4n) is 5.78. The molecule has 1 N–H and O–H groups in total. The number of piperidine rings is 1. The lowest BCUT2D eigenvalue weighted by Crippen LogP contribution is -2.55. The molecule has 8 heteroatoms. The van der Waals surface area contributed by atoms with Crippen molar-refractivity contribution >= 4 is 29.1 Å². The minimum Gasteiger partial charge on any atom is -0.368 e. The Hall–Kier alpha value is -3.06. The third-order valence-corrected chi connectivity index (χ3v) is 8.04. The molecule has 2 amide bonds. The van der Waals surface area contributed by atoms with Crippen molar-refractivity contribution in [3.63, 3.8) is 0 Å². The highest BCUT2D eigenvalue weighted by Gasteiger charge is 2.42. The Kier molecular flexibility index (Phi) is 5.67. The molecule has 0 radical (unpaired) electrons. The van der Waals surface area contributed by atoms with E-state index in [1.807, 2.05) is 27.0 Å². The molecule has 35 heavy (non-hydrogen) atoms. The van der Waals surface area contributed by atoms with Crippen LogP contribution in [0.2, 0.25) is 5.02 Å². The predicted octanol–water partition coefficient (Wildman–Crippen LogP) is 6.25. The fraction of sp³-hybridized carbons (Fsp3) is 0.407. The van der Waals surface area contributed by atoms with Crippen molar-refractivity contribution in [3.8, 4) is 0 Å². The van der Waals surface area contributed by atoms with Crippen molar-refractivity contribution in [2.24, 2.45) is 0 Å². The van der Waals surface area contributed by atoms with E-state index in [0.29, 0.717) is 36.3 Å². The maximum absolute atomic E-state index is 14.5. The van der Waals surface area contributed by atoms with Gasteiger partial charge in [-0.15, -0.1) is 0 Å². The van der Waals surface area contributed by atoms with Crippen LogP contribution in [0, 0.1) is 5.82 Å². The van der Waals surface area contributed by atoms with Crippen LogP contribution in [-0.2, 0) is 6.54 Å². The van der Waals surface area contributed by atoms with Crippen LogP contribution in [0.5, 0.6) is 0 Å². The van der Waals surface area contributed by atoms with Crippen molar-refractivity contribution in [2.75, 3.05) is 22.9 Å². The van der Waals surface area contributed by atoms with Gasteiger partial charge >= 0.3 is 6.03 Å². The highest BCUT2D eigenvalue weighted by Crippen LogP contribution is 2.44. The lowest BCUT2D eigenvalue weighted by atomic mass is 9.97. The molecule has 182 valence electrons. The molecule has 6 nitrogen and oxygen atoms in total. The summed E-state index contributed by atoms with van der Waals surface area (Å²) in [5.74, 6) is 1.02. The Morgan fingerprint density at radius 3 is 2.57 bits per heavy atom. The molecule has 0 bridgehead atoms. The average Bonchev–Trinajstić information content (AvgIpc) is 3.58. The number of aromatic amines is 1. The standard InChI is InChI=1S/C27H29ClFN5O/c1-17-22-15-30-31-26(22)33(16-19-5-2-3-6-21(19)18-9-10-18)27(35)34(17)20-11-13-32(14-12-20)25-23(28)7-4-8-24(25)29/h2-8,15,17-18,20H,9-14,16H2,1H3,(H,30,31)/t17-/m0/s1. The number of hydrogen-bond donors (Lipinski definition) is 1. The molecule has 2 aromatic carbocycles. The van der Waals surface area contributed by atoms with Gasteiger partial charge in [0.05, 0.1) is 23.3 Å². The fourth-order valence-corrected chi connectivity index (χ4v) is 6.06. The van der Waals surface area contributed by atoms with Crippen molar-refractivity contribution in [1.82, 2.24) is 15.1 Å². The Bertz CT molecular complexity index is 1230. The number of halogens is 2. The normalized spacial score (nSPS) is 20.9. The summed E-state index contributed by atoms with van der Waals surface area (Å²) in [4.78, 5) is 19.8. The highest BCUT2D eigenvalue weighted by atomic mass is 35.5. The van der Waals surface area contributed by atoms with Crippen molar-refractivity contribution in [3.05, 3.63) is 76.2 Å². The van der Waals surface area contributed by atoms with Crippen LogP contribution in [0.25, 0.3) is 0 Å². The number of hydrogen-bond acceptors (Lipinski definition) is 3. The van der Waals surface area contributed by atoms with Gasteiger partial charge in [0.2, 0.25) is 0 Å². The molecule has 1 saturated carbocycles. The van der Waals surface area contributed by atoms with E-state index < -0.39 is 0 Å². The molecule has 2 aliphatic heterocycles. The molecule has 3 heterocycles. The number of para-hydroxylation sites is 1. The van der Waals surface area contributed by atoms with Crippen LogP contribution in [-0.4, -0.2) is 40.3 Å². The van der Waals surface area contributed by atoms with Gasteiger partial charge in [0.15, 0.2) is 5.82 Å². The zero-order valence-electron chi connectivity index (χ0n) is 19.8. The van der Waals surface area contributed by atoms with E-state index in [4.69, 9.17) is 11.6 Å². The van der Waals surface area contributed by atoms with Gasteiger partial charge in [-0.1, -0.05) is 41.9 Å². The molecule has 3 aliphatic rings. The van der Waals surface area contributed by atoms with Crippen LogP contribution in [0.1, 0.15) is 61.3 Å². The summed E-state index contributed by atoms with van der Waals surface area (Å²) in [6.07, 6.45) is 5.84. The summed E-state index contributed by atoms with van der Waals surface area (Å²) >= 11 is 6.31. The molecule has 1 saturated heterocycles. The quantitative estimate of drug-likeness (QED) is 0.457. The van der Waals surface area contributed by atoms with Gasteiger partial charge in [0.1, 0.15) is 5.82 Å². The molecule has 6 rings (SSSR count). The average molecular weight is 494 g/mol. The second-order valence-corrected chi connectivity index (χ2v) is 10.3. The SMILES string of the molecule is C[C@H]1c2c[nH]nc2N(Cc2ccccc2C2CC2)C(=O)N1C1CCN(c2c(F)cccc2Cl)CC1. The van der Waals surface area contributed by atoms with Gasteiger partial charge in [-0.05, 0) is 61.8 Å². The molecular weight excluding hydrogens is 465 g/mol. The summed E-state index contributed by atoms with van der Waals surface area (Å²) in [6.45, 7) is 3.87. The summed E-state index contributed by atoms with van der Waals surface area (Å²) < 4.78 is 14.5. The van der Waals surface area contributed by atoms with Crippen molar-refractivity contribution in [2.45, 2.75) is 57.2 Å². The first-order valence-electron chi connectivity index (χ1n) is 12.4. The topological polar surface area (TPSA) is 55.5 Å². The van der Waals surface area contributed by atoms with Crippen LogP contribution in [0.4, 0.5) is 20.7 Å². The van der Waals surface area contributed by atoms with Crippen molar-refractivity contribution < 1.29 is 9.18 Å². The molecule has 2 fully saturated rings. The predicted molar refractivity (Wildman–Crippen MR) is 135 cm³/mol. The summed E-state index contributed by atoms with van der Waals surface area (Å²) in [5.41, 5.74) is 4.03. The molecular formula is C27H29ClFN5O. The highest BCUT2D eigenvalue weighted by molar-refractivity contribution is 6.33. The van der Waals surface area contributed by atoms with Gasteiger partial charge in [-0.25, -0.2) is 9.18 Å². The zero-order valence-corrected chi connectivity index (χ0v) is 20.5. The molecule has 1 aromatic heterocycles. The first-order chi connectivity index (χ1) is 17.0.